The third kappa shape index (κ3) is 4.48. The minimum atomic E-state index is -0.323. The zero-order chi connectivity index (χ0) is 13.5. The molecular weight excluding hydrogens is 252 g/mol. The van der Waals surface area contributed by atoms with Gasteiger partial charge in [-0.2, -0.15) is 0 Å². The fourth-order valence-corrected chi connectivity index (χ4v) is 1.78. The van der Waals surface area contributed by atoms with Crippen LogP contribution in [0.2, 0.25) is 5.02 Å². The molecule has 0 aliphatic rings. The van der Waals surface area contributed by atoms with Crippen LogP contribution < -0.4 is 4.74 Å². The highest BCUT2D eigenvalue weighted by Gasteiger charge is 2.10. The molecule has 0 aliphatic carbocycles. The van der Waals surface area contributed by atoms with E-state index in [1.54, 1.807) is 0 Å². The second kappa shape index (κ2) is 7.62. The average molecular weight is 273 g/mol. The molecule has 0 amide bonds. The molecule has 0 N–H and O–H groups in total. The van der Waals surface area contributed by atoms with Crippen molar-refractivity contribution in [2.45, 2.75) is 34.0 Å². The van der Waals surface area contributed by atoms with E-state index in [2.05, 4.69) is 0 Å². The Morgan fingerprint density at radius 1 is 1.06 bits per heavy atom. The van der Waals surface area contributed by atoms with Gasteiger partial charge in [-0.3, -0.25) is 0 Å². The van der Waals surface area contributed by atoms with Gasteiger partial charge in [-0.1, -0.05) is 11.6 Å². The minimum Gasteiger partial charge on any atom is -0.488 e. The molecule has 1 aromatic carbocycles. The molecule has 0 radical (unpaired) electrons. The van der Waals surface area contributed by atoms with Crippen molar-refractivity contribution in [3.05, 3.63) is 28.3 Å². The quantitative estimate of drug-likeness (QED) is 0.708. The highest BCUT2D eigenvalue weighted by Crippen LogP contribution is 2.25. The molecule has 0 saturated carbocycles. The molecule has 0 unspecified atom stereocenters. The molecule has 0 spiro atoms. The van der Waals surface area contributed by atoms with Crippen molar-refractivity contribution in [2.24, 2.45) is 0 Å². The topological polar surface area (TPSA) is 27.7 Å². The Kier molecular flexibility index (Phi) is 6.47. The monoisotopic (exact) mass is 272 g/mol. The first-order chi connectivity index (χ1) is 8.58. The predicted molar refractivity (Wildman–Crippen MR) is 73.5 cm³/mol. The molecule has 102 valence electrons. The van der Waals surface area contributed by atoms with Crippen LogP contribution in [0.25, 0.3) is 0 Å². The first kappa shape index (κ1) is 15.3. The van der Waals surface area contributed by atoms with Gasteiger partial charge < -0.3 is 14.2 Å². The largest absolute Gasteiger partial charge is 0.488 e. The fourth-order valence-electron chi connectivity index (χ4n) is 1.67. The standard InChI is InChI=1S/C14H21ClO3/c1-5-16-13(17-6-2)9-18-12-7-10(3)14(15)11(4)8-12/h7-8,13H,5-6,9H2,1-4H3. The maximum Gasteiger partial charge on any atom is 0.191 e. The molecule has 1 rings (SSSR count). The van der Waals surface area contributed by atoms with Crippen molar-refractivity contribution < 1.29 is 14.2 Å². The van der Waals surface area contributed by atoms with Gasteiger partial charge in [0.1, 0.15) is 12.4 Å². The SMILES string of the molecule is CCOC(COc1cc(C)c(Cl)c(C)c1)OCC. The predicted octanol–water partition coefficient (Wildman–Crippen LogP) is 3.73. The highest BCUT2D eigenvalue weighted by atomic mass is 35.5. The molecule has 4 heteroatoms. The Morgan fingerprint density at radius 3 is 2.00 bits per heavy atom. The molecule has 0 atom stereocenters. The number of hydrogen-bond acceptors (Lipinski definition) is 3. The van der Waals surface area contributed by atoms with Crippen molar-refractivity contribution in [1.29, 1.82) is 0 Å². The lowest BCUT2D eigenvalue weighted by atomic mass is 10.1. The fraction of sp³-hybridized carbons (Fsp3) is 0.571. The van der Waals surface area contributed by atoms with Gasteiger partial charge in [-0.15, -0.1) is 0 Å². The van der Waals surface area contributed by atoms with Crippen molar-refractivity contribution in [2.75, 3.05) is 19.8 Å². The second-order valence-electron chi connectivity index (χ2n) is 4.02. The number of aryl methyl sites for hydroxylation is 2. The van der Waals surface area contributed by atoms with E-state index in [0.717, 1.165) is 21.9 Å². The molecule has 0 saturated heterocycles. The van der Waals surface area contributed by atoms with Crippen molar-refractivity contribution in [1.82, 2.24) is 0 Å². The number of rotatable bonds is 7. The van der Waals surface area contributed by atoms with Crippen LogP contribution in [0, 0.1) is 13.8 Å². The Bertz CT molecular complexity index is 350. The third-order valence-electron chi connectivity index (χ3n) is 2.50. The van der Waals surface area contributed by atoms with E-state index < -0.39 is 0 Å². The Hall–Kier alpha value is -0.770. The summed E-state index contributed by atoms with van der Waals surface area (Å²) in [7, 11) is 0. The summed E-state index contributed by atoms with van der Waals surface area (Å²) in [5.41, 5.74) is 2.02. The van der Waals surface area contributed by atoms with Crippen LogP contribution in [-0.2, 0) is 9.47 Å². The summed E-state index contributed by atoms with van der Waals surface area (Å²) in [5.74, 6) is 0.791. The molecule has 0 fully saturated rings. The van der Waals surface area contributed by atoms with Gasteiger partial charge in [0.2, 0.25) is 0 Å². The molecule has 0 aromatic heterocycles. The van der Waals surface area contributed by atoms with E-state index in [1.165, 1.54) is 0 Å². The van der Waals surface area contributed by atoms with Crippen molar-refractivity contribution in [3.8, 4) is 5.75 Å². The first-order valence-corrected chi connectivity index (χ1v) is 6.59. The highest BCUT2D eigenvalue weighted by molar-refractivity contribution is 6.32. The minimum absolute atomic E-state index is 0.323. The lowest BCUT2D eigenvalue weighted by molar-refractivity contribution is -0.152. The smallest absolute Gasteiger partial charge is 0.191 e. The Labute approximate surface area is 114 Å². The van der Waals surface area contributed by atoms with Crippen LogP contribution in [0.3, 0.4) is 0 Å². The lowest BCUT2D eigenvalue weighted by Crippen LogP contribution is -2.25. The average Bonchev–Trinajstić information content (AvgIpc) is 2.33. The molecule has 1 aromatic rings. The summed E-state index contributed by atoms with van der Waals surface area (Å²) in [4.78, 5) is 0. The normalized spacial score (nSPS) is 11.0. The van der Waals surface area contributed by atoms with Crippen LogP contribution in [-0.4, -0.2) is 26.1 Å². The summed E-state index contributed by atoms with van der Waals surface area (Å²) < 4.78 is 16.5. The zero-order valence-corrected chi connectivity index (χ0v) is 12.2. The summed E-state index contributed by atoms with van der Waals surface area (Å²) in [5, 5.41) is 0.786. The van der Waals surface area contributed by atoms with E-state index in [-0.39, 0.29) is 6.29 Å². The van der Waals surface area contributed by atoms with Crippen LogP contribution in [0.1, 0.15) is 25.0 Å². The maximum absolute atomic E-state index is 6.11. The van der Waals surface area contributed by atoms with E-state index in [1.807, 2.05) is 39.8 Å². The first-order valence-electron chi connectivity index (χ1n) is 6.21. The van der Waals surface area contributed by atoms with Gasteiger partial charge in [0.05, 0.1) is 0 Å². The van der Waals surface area contributed by atoms with Crippen LogP contribution in [0.15, 0.2) is 12.1 Å². The second-order valence-corrected chi connectivity index (χ2v) is 4.40. The molecule has 0 heterocycles. The molecule has 0 bridgehead atoms. The number of benzene rings is 1. The molecule has 18 heavy (non-hydrogen) atoms. The summed E-state index contributed by atoms with van der Waals surface area (Å²) in [6.45, 7) is 9.38. The summed E-state index contributed by atoms with van der Waals surface area (Å²) in [6, 6.07) is 3.84. The summed E-state index contributed by atoms with van der Waals surface area (Å²) >= 11 is 6.11. The van der Waals surface area contributed by atoms with E-state index >= 15 is 0 Å². The third-order valence-corrected chi connectivity index (χ3v) is 3.10. The van der Waals surface area contributed by atoms with Gasteiger partial charge in [-0.25, -0.2) is 0 Å². The molecular formula is C14H21ClO3. The van der Waals surface area contributed by atoms with Gasteiger partial charge in [0.25, 0.3) is 0 Å². The van der Waals surface area contributed by atoms with E-state index in [0.29, 0.717) is 19.8 Å². The van der Waals surface area contributed by atoms with Gasteiger partial charge in [-0.05, 0) is 51.0 Å². The van der Waals surface area contributed by atoms with Crippen LogP contribution in [0.5, 0.6) is 5.75 Å². The number of ether oxygens (including phenoxy) is 3. The molecule has 3 nitrogen and oxygen atoms in total. The van der Waals surface area contributed by atoms with Crippen molar-refractivity contribution >= 4 is 11.6 Å². The van der Waals surface area contributed by atoms with Gasteiger partial charge in [0, 0.05) is 18.2 Å². The van der Waals surface area contributed by atoms with Crippen LogP contribution in [0.4, 0.5) is 0 Å². The van der Waals surface area contributed by atoms with E-state index in [4.69, 9.17) is 25.8 Å². The van der Waals surface area contributed by atoms with Gasteiger partial charge >= 0.3 is 0 Å². The molecule has 0 aliphatic heterocycles. The zero-order valence-electron chi connectivity index (χ0n) is 11.5. The lowest BCUT2D eigenvalue weighted by Gasteiger charge is -2.18. The Morgan fingerprint density at radius 2 is 1.56 bits per heavy atom. The van der Waals surface area contributed by atoms with Crippen molar-refractivity contribution in [3.63, 3.8) is 0 Å². The summed E-state index contributed by atoms with van der Waals surface area (Å²) in [6.07, 6.45) is -0.323. The number of hydrogen-bond donors (Lipinski definition) is 0. The number of halogens is 1. The maximum atomic E-state index is 6.11. The Balaban J connectivity index is 2.61. The van der Waals surface area contributed by atoms with Crippen LogP contribution >= 0.6 is 11.6 Å². The van der Waals surface area contributed by atoms with Gasteiger partial charge in [0.15, 0.2) is 6.29 Å². The van der Waals surface area contributed by atoms with E-state index in [9.17, 15) is 0 Å².